The zero-order valence-electron chi connectivity index (χ0n) is 12.1. The molecule has 1 aliphatic carbocycles. The largest absolute Gasteiger partial charge is 0.374 e. The van der Waals surface area contributed by atoms with Crippen molar-refractivity contribution in [2.75, 3.05) is 13.1 Å². The maximum absolute atomic E-state index is 6.07. The van der Waals surface area contributed by atoms with Gasteiger partial charge in [0.15, 0.2) is 0 Å². The van der Waals surface area contributed by atoms with Crippen molar-refractivity contribution in [2.24, 2.45) is 5.73 Å². The lowest BCUT2D eigenvalue weighted by Crippen LogP contribution is -2.53. The first-order chi connectivity index (χ1) is 8.76. The minimum absolute atomic E-state index is 0.367. The van der Waals surface area contributed by atoms with Crippen molar-refractivity contribution >= 4 is 0 Å². The van der Waals surface area contributed by atoms with E-state index < -0.39 is 0 Å². The molecular formula is C15H30N2O. The highest BCUT2D eigenvalue weighted by Crippen LogP contribution is 2.29. The quantitative estimate of drug-likeness (QED) is 0.819. The van der Waals surface area contributed by atoms with Crippen molar-refractivity contribution in [1.82, 2.24) is 4.90 Å². The second kappa shape index (κ2) is 6.88. The Labute approximate surface area is 112 Å². The Morgan fingerprint density at radius 3 is 2.39 bits per heavy atom. The third-order valence-electron chi connectivity index (χ3n) is 4.77. The van der Waals surface area contributed by atoms with Crippen molar-refractivity contribution in [2.45, 2.75) is 83.1 Å². The molecule has 0 bridgehead atoms. The summed E-state index contributed by atoms with van der Waals surface area (Å²) in [7, 11) is 0. The molecule has 2 N–H and O–H groups in total. The van der Waals surface area contributed by atoms with Crippen LogP contribution in [0.5, 0.6) is 0 Å². The molecule has 2 aliphatic rings. The maximum Gasteiger partial charge on any atom is 0.0747 e. The summed E-state index contributed by atoms with van der Waals surface area (Å²) in [5.74, 6) is 0. The van der Waals surface area contributed by atoms with Crippen LogP contribution in [0.15, 0.2) is 0 Å². The van der Waals surface area contributed by atoms with Crippen LogP contribution in [0.1, 0.15) is 58.8 Å². The van der Waals surface area contributed by atoms with Crippen molar-refractivity contribution in [1.29, 1.82) is 0 Å². The molecule has 1 heterocycles. The number of hydrogen-bond donors (Lipinski definition) is 1. The Morgan fingerprint density at radius 1 is 1.17 bits per heavy atom. The summed E-state index contributed by atoms with van der Waals surface area (Å²) in [6.07, 6.45) is 10.1. The third-order valence-corrected chi connectivity index (χ3v) is 4.77. The Hall–Kier alpha value is -0.120. The summed E-state index contributed by atoms with van der Waals surface area (Å²) >= 11 is 0. The second-order valence-electron chi connectivity index (χ2n) is 5.99. The lowest BCUT2D eigenvalue weighted by Gasteiger charge is -2.41. The van der Waals surface area contributed by atoms with E-state index in [2.05, 4.69) is 18.7 Å². The van der Waals surface area contributed by atoms with Crippen molar-refractivity contribution in [3.8, 4) is 0 Å². The van der Waals surface area contributed by atoms with E-state index in [0.29, 0.717) is 18.2 Å². The third kappa shape index (κ3) is 3.25. The van der Waals surface area contributed by atoms with Crippen molar-refractivity contribution < 1.29 is 4.74 Å². The van der Waals surface area contributed by atoms with Gasteiger partial charge in [0.1, 0.15) is 0 Å². The average Bonchev–Trinajstić information content (AvgIpc) is 2.83. The number of nitrogens with zero attached hydrogens (tertiary/aromatic N) is 1. The predicted octanol–water partition coefficient (Wildman–Crippen LogP) is 2.54. The van der Waals surface area contributed by atoms with E-state index in [9.17, 15) is 0 Å². The zero-order valence-corrected chi connectivity index (χ0v) is 12.1. The van der Waals surface area contributed by atoms with Gasteiger partial charge in [-0.25, -0.2) is 0 Å². The molecular weight excluding hydrogens is 224 g/mol. The van der Waals surface area contributed by atoms with Gasteiger partial charge in [-0.2, -0.15) is 0 Å². The monoisotopic (exact) mass is 254 g/mol. The van der Waals surface area contributed by atoms with Gasteiger partial charge < -0.3 is 10.5 Å². The molecule has 0 aromatic heterocycles. The highest BCUT2D eigenvalue weighted by Gasteiger charge is 2.35. The lowest BCUT2D eigenvalue weighted by atomic mass is 9.92. The molecule has 2 rings (SSSR count). The average molecular weight is 254 g/mol. The second-order valence-corrected chi connectivity index (χ2v) is 5.99. The van der Waals surface area contributed by atoms with E-state index in [-0.39, 0.29) is 0 Å². The lowest BCUT2D eigenvalue weighted by molar-refractivity contribution is -0.0212. The SMILES string of the molecule is CCN(C1CCCCC1)C(CN)C1CCC(C)O1. The fourth-order valence-corrected chi connectivity index (χ4v) is 3.79. The molecule has 18 heavy (non-hydrogen) atoms. The fourth-order valence-electron chi connectivity index (χ4n) is 3.79. The summed E-state index contributed by atoms with van der Waals surface area (Å²) in [6, 6.07) is 1.18. The molecule has 3 unspecified atom stereocenters. The van der Waals surface area contributed by atoms with Gasteiger partial charge >= 0.3 is 0 Å². The summed E-state index contributed by atoms with van der Waals surface area (Å²) in [5.41, 5.74) is 6.06. The molecule has 3 atom stereocenters. The van der Waals surface area contributed by atoms with Gasteiger partial charge in [-0.1, -0.05) is 26.2 Å². The maximum atomic E-state index is 6.07. The van der Waals surface area contributed by atoms with E-state index in [4.69, 9.17) is 10.5 Å². The van der Waals surface area contributed by atoms with Crippen molar-refractivity contribution in [3.05, 3.63) is 0 Å². The first kappa shape index (κ1) is 14.3. The van der Waals surface area contributed by atoms with Crippen LogP contribution in [0.25, 0.3) is 0 Å². The molecule has 3 nitrogen and oxygen atoms in total. The van der Waals surface area contributed by atoms with Crippen LogP contribution in [-0.4, -0.2) is 42.3 Å². The van der Waals surface area contributed by atoms with Crippen LogP contribution in [-0.2, 0) is 4.74 Å². The standard InChI is InChI=1S/C15H30N2O/c1-3-17(13-7-5-4-6-8-13)14(11-16)15-10-9-12(2)18-15/h12-15H,3-11,16H2,1-2H3. The summed E-state index contributed by atoms with van der Waals surface area (Å²) < 4.78 is 6.07. The predicted molar refractivity (Wildman–Crippen MR) is 75.7 cm³/mol. The number of ether oxygens (including phenoxy) is 1. The van der Waals surface area contributed by atoms with Crippen molar-refractivity contribution in [3.63, 3.8) is 0 Å². The Bertz CT molecular complexity index is 230. The Morgan fingerprint density at radius 2 is 1.89 bits per heavy atom. The summed E-state index contributed by atoms with van der Waals surface area (Å²) in [5, 5.41) is 0. The van der Waals surface area contributed by atoms with Gasteiger partial charge in [-0.15, -0.1) is 0 Å². The molecule has 106 valence electrons. The Kier molecular flexibility index (Phi) is 5.46. The number of rotatable bonds is 5. The molecule has 2 fully saturated rings. The van der Waals surface area contributed by atoms with E-state index in [0.717, 1.165) is 19.1 Å². The number of likely N-dealkylation sites (N-methyl/N-ethyl adjacent to an activating group) is 1. The highest BCUT2D eigenvalue weighted by atomic mass is 16.5. The first-order valence-electron chi connectivity index (χ1n) is 7.87. The van der Waals surface area contributed by atoms with Gasteiger partial charge in [0.2, 0.25) is 0 Å². The highest BCUT2D eigenvalue weighted by molar-refractivity contribution is 4.89. The minimum Gasteiger partial charge on any atom is -0.374 e. The molecule has 0 aromatic rings. The topological polar surface area (TPSA) is 38.5 Å². The molecule has 1 saturated heterocycles. The van der Waals surface area contributed by atoms with Crippen LogP contribution in [0.3, 0.4) is 0 Å². The summed E-state index contributed by atoms with van der Waals surface area (Å²) in [4.78, 5) is 2.64. The van der Waals surface area contributed by atoms with Crippen LogP contribution in [0.2, 0.25) is 0 Å². The first-order valence-corrected chi connectivity index (χ1v) is 7.87. The molecule has 0 aromatic carbocycles. The van der Waals surface area contributed by atoms with Gasteiger partial charge in [-0.3, -0.25) is 4.90 Å². The smallest absolute Gasteiger partial charge is 0.0747 e. The zero-order chi connectivity index (χ0) is 13.0. The van der Waals surface area contributed by atoms with Crippen LogP contribution >= 0.6 is 0 Å². The number of nitrogens with two attached hydrogens (primary N) is 1. The Balaban J connectivity index is 1.98. The minimum atomic E-state index is 0.367. The van der Waals surface area contributed by atoms with Gasteiger partial charge in [0, 0.05) is 18.6 Å². The molecule has 1 saturated carbocycles. The fraction of sp³-hybridized carbons (Fsp3) is 1.00. The molecule has 0 spiro atoms. The summed E-state index contributed by atoms with van der Waals surface area (Å²) in [6.45, 7) is 6.31. The van der Waals surface area contributed by atoms with E-state index in [1.54, 1.807) is 0 Å². The number of hydrogen-bond acceptors (Lipinski definition) is 3. The van der Waals surface area contributed by atoms with E-state index in [1.165, 1.54) is 44.9 Å². The van der Waals surface area contributed by atoms with E-state index in [1.807, 2.05) is 0 Å². The van der Waals surface area contributed by atoms with E-state index >= 15 is 0 Å². The van der Waals surface area contributed by atoms with Crippen LogP contribution in [0, 0.1) is 0 Å². The van der Waals surface area contributed by atoms with Crippen LogP contribution in [0.4, 0.5) is 0 Å². The molecule has 0 radical (unpaired) electrons. The normalized spacial score (nSPS) is 32.0. The molecule has 0 amide bonds. The van der Waals surface area contributed by atoms with Gasteiger partial charge in [0.05, 0.1) is 12.2 Å². The van der Waals surface area contributed by atoms with Gasteiger partial charge in [0.25, 0.3) is 0 Å². The molecule has 1 aliphatic heterocycles. The molecule has 3 heteroatoms. The van der Waals surface area contributed by atoms with Gasteiger partial charge in [-0.05, 0) is 39.2 Å². The van der Waals surface area contributed by atoms with Crippen LogP contribution < -0.4 is 5.73 Å².